The molecule has 0 atom stereocenters. The second kappa shape index (κ2) is 7.51. The molecular formula is C21H26N2O2. The van der Waals surface area contributed by atoms with Gasteiger partial charge in [0.25, 0.3) is 0 Å². The number of amides is 2. The summed E-state index contributed by atoms with van der Waals surface area (Å²) in [7, 11) is 0. The van der Waals surface area contributed by atoms with E-state index in [1.807, 2.05) is 63.2 Å². The number of rotatable bonds is 5. The molecule has 132 valence electrons. The Labute approximate surface area is 149 Å². The number of anilines is 1. The van der Waals surface area contributed by atoms with Crippen molar-refractivity contribution in [2.75, 3.05) is 5.32 Å². The van der Waals surface area contributed by atoms with Crippen LogP contribution in [0.4, 0.5) is 5.69 Å². The standard InChI is InChI=1S/C21H26N2O2/c1-14-7-6-8-17(11-14)13-22-19(24)21(4,5)20(25)23-18-10-9-15(2)16(3)12-18/h6-12H,13H2,1-5H3,(H,22,24)(H,23,25). The van der Waals surface area contributed by atoms with Crippen molar-refractivity contribution in [2.45, 2.75) is 41.2 Å². The predicted molar refractivity (Wildman–Crippen MR) is 101 cm³/mol. The van der Waals surface area contributed by atoms with Crippen LogP contribution in [0.15, 0.2) is 42.5 Å². The molecule has 4 nitrogen and oxygen atoms in total. The van der Waals surface area contributed by atoms with Gasteiger partial charge >= 0.3 is 0 Å². The minimum absolute atomic E-state index is 0.296. The third kappa shape index (κ3) is 4.69. The van der Waals surface area contributed by atoms with Crippen LogP contribution in [-0.4, -0.2) is 11.8 Å². The highest BCUT2D eigenvalue weighted by atomic mass is 16.2. The maximum atomic E-state index is 12.6. The van der Waals surface area contributed by atoms with Crippen LogP contribution in [0.1, 0.15) is 36.1 Å². The van der Waals surface area contributed by atoms with Gasteiger partial charge in [0.2, 0.25) is 11.8 Å². The van der Waals surface area contributed by atoms with Gasteiger partial charge in [-0.3, -0.25) is 9.59 Å². The van der Waals surface area contributed by atoms with Gasteiger partial charge < -0.3 is 10.6 Å². The van der Waals surface area contributed by atoms with E-state index in [0.717, 1.165) is 22.3 Å². The summed E-state index contributed by atoms with van der Waals surface area (Å²) in [6.45, 7) is 9.69. The Bertz CT molecular complexity index is 794. The van der Waals surface area contributed by atoms with Crippen LogP contribution in [-0.2, 0) is 16.1 Å². The second-order valence-corrected chi connectivity index (χ2v) is 7.05. The van der Waals surface area contributed by atoms with Gasteiger partial charge in [-0.05, 0) is 63.4 Å². The van der Waals surface area contributed by atoms with Crippen LogP contribution in [0.5, 0.6) is 0 Å². The van der Waals surface area contributed by atoms with Gasteiger partial charge in [0.05, 0.1) is 0 Å². The van der Waals surface area contributed by atoms with E-state index >= 15 is 0 Å². The summed E-state index contributed by atoms with van der Waals surface area (Å²) in [5.41, 5.74) is 3.94. The quantitative estimate of drug-likeness (QED) is 0.813. The van der Waals surface area contributed by atoms with Crippen LogP contribution in [0, 0.1) is 26.2 Å². The van der Waals surface area contributed by atoms with Gasteiger partial charge in [-0.25, -0.2) is 0 Å². The maximum absolute atomic E-state index is 12.6. The molecule has 0 aromatic heterocycles. The van der Waals surface area contributed by atoms with Crippen LogP contribution < -0.4 is 10.6 Å². The molecule has 0 bridgehead atoms. The lowest BCUT2D eigenvalue weighted by Crippen LogP contribution is -2.44. The molecule has 0 radical (unpaired) electrons. The first-order chi connectivity index (χ1) is 11.7. The summed E-state index contributed by atoms with van der Waals surface area (Å²) in [5, 5.41) is 5.69. The SMILES string of the molecule is Cc1cccc(CNC(=O)C(C)(C)C(=O)Nc2ccc(C)c(C)c2)c1. The maximum Gasteiger partial charge on any atom is 0.239 e. The monoisotopic (exact) mass is 338 g/mol. The summed E-state index contributed by atoms with van der Waals surface area (Å²) >= 11 is 0. The summed E-state index contributed by atoms with van der Waals surface area (Å²) in [4.78, 5) is 25.1. The lowest BCUT2D eigenvalue weighted by atomic mass is 9.90. The zero-order chi connectivity index (χ0) is 18.6. The third-order valence-corrected chi connectivity index (χ3v) is 4.44. The highest BCUT2D eigenvalue weighted by Crippen LogP contribution is 2.21. The van der Waals surface area contributed by atoms with E-state index < -0.39 is 5.41 Å². The topological polar surface area (TPSA) is 58.2 Å². The summed E-state index contributed by atoms with van der Waals surface area (Å²) in [6, 6.07) is 13.6. The smallest absolute Gasteiger partial charge is 0.239 e. The Kier molecular flexibility index (Phi) is 5.62. The Morgan fingerprint density at radius 2 is 1.64 bits per heavy atom. The molecule has 0 aliphatic heterocycles. The minimum Gasteiger partial charge on any atom is -0.351 e. The van der Waals surface area contributed by atoms with Crippen molar-refractivity contribution in [3.63, 3.8) is 0 Å². The fourth-order valence-electron chi connectivity index (χ4n) is 2.44. The number of benzene rings is 2. The molecule has 0 aliphatic rings. The molecule has 2 rings (SSSR count). The summed E-state index contributed by atoms with van der Waals surface area (Å²) in [5.74, 6) is -0.618. The molecule has 0 saturated carbocycles. The summed E-state index contributed by atoms with van der Waals surface area (Å²) in [6.07, 6.45) is 0. The number of aryl methyl sites for hydroxylation is 3. The molecule has 0 aliphatic carbocycles. The second-order valence-electron chi connectivity index (χ2n) is 7.05. The summed E-state index contributed by atoms with van der Waals surface area (Å²) < 4.78 is 0. The molecule has 0 spiro atoms. The molecule has 2 aromatic carbocycles. The predicted octanol–water partition coefficient (Wildman–Crippen LogP) is 3.89. The molecule has 4 heteroatoms. The van der Waals surface area contributed by atoms with E-state index in [1.165, 1.54) is 0 Å². The van der Waals surface area contributed by atoms with Gasteiger partial charge in [-0.2, -0.15) is 0 Å². The third-order valence-electron chi connectivity index (χ3n) is 4.44. The van der Waals surface area contributed by atoms with Crippen molar-refractivity contribution in [3.05, 3.63) is 64.7 Å². The van der Waals surface area contributed by atoms with E-state index in [2.05, 4.69) is 10.6 Å². The Morgan fingerprint density at radius 1 is 0.920 bits per heavy atom. The molecule has 2 aromatic rings. The van der Waals surface area contributed by atoms with Crippen LogP contribution >= 0.6 is 0 Å². The van der Waals surface area contributed by atoms with Crippen molar-refractivity contribution in [2.24, 2.45) is 5.41 Å². The highest BCUT2D eigenvalue weighted by Gasteiger charge is 2.35. The van der Waals surface area contributed by atoms with Crippen molar-refractivity contribution < 1.29 is 9.59 Å². The fraction of sp³-hybridized carbons (Fsp3) is 0.333. The van der Waals surface area contributed by atoms with Gasteiger partial charge in [-0.1, -0.05) is 35.9 Å². The number of carbonyl (C=O) groups is 2. The average molecular weight is 338 g/mol. The first-order valence-corrected chi connectivity index (χ1v) is 8.42. The van der Waals surface area contributed by atoms with E-state index in [9.17, 15) is 9.59 Å². The van der Waals surface area contributed by atoms with Crippen molar-refractivity contribution in [1.29, 1.82) is 0 Å². The zero-order valence-electron chi connectivity index (χ0n) is 15.6. The van der Waals surface area contributed by atoms with Gasteiger partial charge in [0.15, 0.2) is 0 Å². The van der Waals surface area contributed by atoms with Crippen LogP contribution in [0.25, 0.3) is 0 Å². The Morgan fingerprint density at radius 3 is 2.28 bits per heavy atom. The molecular weight excluding hydrogens is 312 g/mol. The molecule has 0 unspecified atom stereocenters. The number of hydrogen-bond donors (Lipinski definition) is 2. The van der Waals surface area contributed by atoms with Crippen LogP contribution in [0.2, 0.25) is 0 Å². The molecule has 0 fully saturated rings. The number of hydrogen-bond acceptors (Lipinski definition) is 2. The first kappa shape index (κ1) is 18.7. The van der Waals surface area contributed by atoms with Crippen molar-refractivity contribution in [1.82, 2.24) is 5.32 Å². The van der Waals surface area contributed by atoms with E-state index in [4.69, 9.17) is 0 Å². The largest absolute Gasteiger partial charge is 0.351 e. The Hall–Kier alpha value is -2.62. The highest BCUT2D eigenvalue weighted by molar-refractivity contribution is 6.09. The first-order valence-electron chi connectivity index (χ1n) is 8.42. The van der Waals surface area contributed by atoms with Gasteiger partial charge in [0.1, 0.15) is 5.41 Å². The molecule has 0 saturated heterocycles. The van der Waals surface area contributed by atoms with E-state index in [0.29, 0.717) is 12.2 Å². The van der Waals surface area contributed by atoms with E-state index in [-0.39, 0.29) is 11.8 Å². The Balaban J connectivity index is 2.01. The average Bonchev–Trinajstić information content (AvgIpc) is 2.56. The molecule has 0 heterocycles. The zero-order valence-corrected chi connectivity index (χ0v) is 15.6. The lowest BCUT2D eigenvalue weighted by molar-refractivity contribution is -0.138. The minimum atomic E-state index is -1.16. The fourth-order valence-corrected chi connectivity index (χ4v) is 2.44. The normalized spacial score (nSPS) is 11.1. The lowest BCUT2D eigenvalue weighted by Gasteiger charge is -2.23. The number of nitrogens with one attached hydrogen (secondary N) is 2. The van der Waals surface area contributed by atoms with Crippen molar-refractivity contribution >= 4 is 17.5 Å². The molecule has 25 heavy (non-hydrogen) atoms. The molecule has 2 N–H and O–H groups in total. The van der Waals surface area contributed by atoms with Gasteiger partial charge in [-0.15, -0.1) is 0 Å². The van der Waals surface area contributed by atoms with E-state index in [1.54, 1.807) is 13.8 Å². The number of carbonyl (C=O) groups excluding carboxylic acids is 2. The molecule has 2 amide bonds. The van der Waals surface area contributed by atoms with Crippen LogP contribution in [0.3, 0.4) is 0 Å². The van der Waals surface area contributed by atoms with Gasteiger partial charge in [0, 0.05) is 12.2 Å². The van der Waals surface area contributed by atoms with Crippen molar-refractivity contribution in [3.8, 4) is 0 Å².